The molecule has 7 heteroatoms. The lowest BCUT2D eigenvalue weighted by Gasteiger charge is -2.15. The monoisotopic (exact) mass is 389 g/mol. The Morgan fingerprint density at radius 3 is 2.73 bits per heavy atom. The second-order valence-electron chi connectivity index (χ2n) is 6.58. The van der Waals surface area contributed by atoms with Crippen LogP contribution < -0.4 is 5.56 Å². The molecule has 0 fully saturated rings. The normalized spacial score (nSPS) is 11.4. The van der Waals surface area contributed by atoms with E-state index in [1.165, 1.54) is 11.8 Å². The number of rotatable bonds is 6. The highest BCUT2D eigenvalue weighted by Gasteiger charge is 2.16. The summed E-state index contributed by atoms with van der Waals surface area (Å²) in [6.07, 6.45) is 1.84. The number of carbonyl (C=O) groups is 1. The van der Waals surface area contributed by atoms with Crippen molar-refractivity contribution in [3.63, 3.8) is 0 Å². The van der Waals surface area contributed by atoms with Crippen molar-refractivity contribution in [3.05, 3.63) is 57.6 Å². The Morgan fingerprint density at radius 2 is 2.08 bits per heavy atom. The number of nitrogens with zero attached hydrogens (tertiary/aromatic N) is 3. The number of thioether (sulfide) groups is 1. The third-order valence-corrected chi connectivity index (χ3v) is 5.20. The number of aromatic nitrogens is 3. The number of carbonyl (C=O) groups excluding carboxylic acids is 1. The molecule has 2 heterocycles. The van der Waals surface area contributed by atoms with Gasteiger partial charge in [-0.3, -0.25) is 14.2 Å². The number of Topliss-reactive ketones (excluding diaryl/α,β-unsaturated/α-hetero) is 1. The molecule has 136 valence electrons. The zero-order valence-electron chi connectivity index (χ0n) is 14.9. The maximum atomic E-state index is 12.9. The van der Waals surface area contributed by atoms with E-state index in [4.69, 9.17) is 11.6 Å². The second-order valence-corrected chi connectivity index (χ2v) is 7.96. The van der Waals surface area contributed by atoms with Crippen LogP contribution in [-0.2, 0) is 13.6 Å². The Morgan fingerprint density at radius 1 is 1.31 bits per heavy atom. The van der Waals surface area contributed by atoms with Crippen LogP contribution in [0, 0.1) is 5.92 Å². The molecule has 0 aliphatic carbocycles. The fourth-order valence-electron chi connectivity index (χ4n) is 2.76. The number of ketones is 1. The first-order chi connectivity index (χ1) is 12.4. The second kappa shape index (κ2) is 7.68. The topological polar surface area (TPSA) is 56.9 Å². The first kappa shape index (κ1) is 18.7. The van der Waals surface area contributed by atoms with Crippen molar-refractivity contribution in [2.24, 2.45) is 13.0 Å². The Kier molecular flexibility index (Phi) is 5.53. The first-order valence-electron chi connectivity index (χ1n) is 8.34. The van der Waals surface area contributed by atoms with Gasteiger partial charge in [0.15, 0.2) is 10.9 Å². The number of aryl methyl sites for hydroxylation is 1. The van der Waals surface area contributed by atoms with Gasteiger partial charge in [0.25, 0.3) is 5.56 Å². The number of hydrogen-bond acceptors (Lipinski definition) is 4. The van der Waals surface area contributed by atoms with Gasteiger partial charge in [0.1, 0.15) is 0 Å². The molecule has 0 unspecified atom stereocenters. The third-order valence-electron chi connectivity index (χ3n) is 3.99. The van der Waals surface area contributed by atoms with Crippen molar-refractivity contribution in [1.29, 1.82) is 0 Å². The standard InChI is InChI=1S/C19H20ClN3O2S/c1-12(2)10-23-18(25)14-9-13(20)6-7-15(14)21-19(23)26-11-17(24)16-5-4-8-22(16)3/h4-9,12H,10-11H2,1-3H3. The van der Waals surface area contributed by atoms with E-state index in [-0.39, 0.29) is 23.0 Å². The minimum atomic E-state index is -0.125. The molecule has 0 saturated heterocycles. The molecule has 0 aliphatic heterocycles. The van der Waals surface area contributed by atoms with E-state index >= 15 is 0 Å². The first-order valence-corrected chi connectivity index (χ1v) is 9.70. The van der Waals surface area contributed by atoms with Crippen LogP contribution in [0.4, 0.5) is 0 Å². The predicted octanol–water partition coefficient (Wildman–Crippen LogP) is 4.02. The van der Waals surface area contributed by atoms with Gasteiger partial charge in [-0.15, -0.1) is 0 Å². The molecule has 3 aromatic rings. The molecule has 5 nitrogen and oxygen atoms in total. The van der Waals surface area contributed by atoms with Crippen molar-refractivity contribution in [3.8, 4) is 0 Å². The number of halogens is 1. The molecule has 0 amide bonds. The lowest BCUT2D eigenvalue weighted by Crippen LogP contribution is -2.26. The van der Waals surface area contributed by atoms with Crippen molar-refractivity contribution < 1.29 is 4.79 Å². The van der Waals surface area contributed by atoms with Crippen LogP contribution in [-0.4, -0.2) is 25.7 Å². The average molecular weight is 390 g/mol. The molecule has 0 spiro atoms. The van der Waals surface area contributed by atoms with E-state index in [2.05, 4.69) is 4.98 Å². The minimum Gasteiger partial charge on any atom is -0.348 e. The third kappa shape index (κ3) is 3.86. The van der Waals surface area contributed by atoms with E-state index in [0.29, 0.717) is 33.3 Å². The van der Waals surface area contributed by atoms with Gasteiger partial charge in [0, 0.05) is 24.8 Å². The van der Waals surface area contributed by atoms with E-state index < -0.39 is 0 Å². The van der Waals surface area contributed by atoms with Crippen LogP contribution in [0.25, 0.3) is 10.9 Å². The Hall–Kier alpha value is -2.05. The fourth-order valence-corrected chi connectivity index (χ4v) is 3.82. The van der Waals surface area contributed by atoms with Gasteiger partial charge < -0.3 is 4.57 Å². The Labute approximate surface area is 161 Å². The summed E-state index contributed by atoms with van der Waals surface area (Å²) in [6, 6.07) is 8.73. The van der Waals surface area contributed by atoms with Crippen LogP contribution in [0.15, 0.2) is 46.5 Å². The van der Waals surface area contributed by atoms with Crippen LogP contribution in [0.5, 0.6) is 0 Å². The van der Waals surface area contributed by atoms with Crippen molar-refractivity contribution in [2.45, 2.75) is 25.5 Å². The maximum Gasteiger partial charge on any atom is 0.262 e. The summed E-state index contributed by atoms with van der Waals surface area (Å²) < 4.78 is 3.44. The molecule has 0 radical (unpaired) electrons. The summed E-state index contributed by atoms with van der Waals surface area (Å²) in [5, 5.41) is 1.56. The molecule has 3 rings (SSSR count). The van der Waals surface area contributed by atoms with Gasteiger partial charge in [0.05, 0.1) is 22.3 Å². The minimum absolute atomic E-state index is 0.00375. The fraction of sp³-hybridized carbons (Fsp3) is 0.316. The van der Waals surface area contributed by atoms with Gasteiger partial charge in [-0.1, -0.05) is 37.2 Å². The summed E-state index contributed by atoms with van der Waals surface area (Å²) in [5.41, 5.74) is 1.11. The van der Waals surface area contributed by atoms with Crippen LogP contribution in [0.1, 0.15) is 24.3 Å². The highest BCUT2D eigenvalue weighted by molar-refractivity contribution is 7.99. The molecule has 1 aromatic carbocycles. The summed E-state index contributed by atoms with van der Waals surface area (Å²) in [7, 11) is 1.84. The van der Waals surface area contributed by atoms with E-state index in [0.717, 1.165) is 0 Å². The van der Waals surface area contributed by atoms with Crippen LogP contribution in [0.3, 0.4) is 0 Å². The van der Waals surface area contributed by atoms with Gasteiger partial charge in [-0.2, -0.15) is 0 Å². The largest absolute Gasteiger partial charge is 0.348 e. The molecule has 2 aromatic heterocycles. The Balaban J connectivity index is 1.98. The van der Waals surface area contributed by atoms with Crippen LogP contribution >= 0.6 is 23.4 Å². The van der Waals surface area contributed by atoms with E-state index in [1.54, 1.807) is 33.4 Å². The van der Waals surface area contributed by atoms with E-state index in [1.807, 2.05) is 33.2 Å². The van der Waals surface area contributed by atoms with Gasteiger partial charge in [-0.05, 0) is 36.2 Å². The highest BCUT2D eigenvalue weighted by atomic mass is 35.5. The number of fused-ring (bicyclic) bond motifs is 1. The summed E-state index contributed by atoms with van der Waals surface area (Å²) >= 11 is 7.33. The molecule has 0 atom stereocenters. The van der Waals surface area contributed by atoms with Crippen molar-refractivity contribution in [1.82, 2.24) is 14.1 Å². The van der Waals surface area contributed by atoms with Gasteiger partial charge in [-0.25, -0.2) is 4.98 Å². The van der Waals surface area contributed by atoms with Crippen molar-refractivity contribution >= 4 is 40.0 Å². The van der Waals surface area contributed by atoms with Gasteiger partial charge >= 0.3 is 0 Å². The zero-order valence-corrected chi connectivity index (χ0v) is 16.5. The molecule has 0 N–H and O–H groups in total. The van der Waals surface area contributed by atoms with Crippen LogP contribution in [0.2, 0.25) is 5.02 Å². The maximum absolute atomic E-state index is 12.9. The van der Waals surface area contributed by atoms with Gasteiger partial charge in [0.2, 0.25) is 0 Å². The quantitative estimate of drug-likeness (QED) is 0.363. The summed E-state index contributed by atoms with van der Waals surface area (Å²) in [4.78, 5) is 30.0. The summed E-state index contributed by atoms with van der Waals surface area (Å²) in [6.45, 7) is 4.62. The molecule has 0 bridgehead atoms. The number of benzene rings is 1. The highest BCUT2D eigenvalue weighted by Crippen LogP contribution is 2.22. The van der Waals surface area contributed by atoms with E-state index in [9.17, 15) is 9.59 Å². The van der Waals surface area contributed by atoms with Crippen molar-refractivity contribution in [2.75, 3.05) is 5.75 Å². The SMILES string of the molecule is CC(C)Cn1c(SCC(=O)c2cccn2C)nc2ccc(Cl)cc2c1=O. The smallest absolute Gasteiger partial charge is 0.262 e. The molecule has 0 saturated carbocycles. The average Bonchev–Trinajstić information content (AvgIpc) is 3.02. The molecular formula is C19H20ClN3O2S. The Bertz CT molecular complexity index is 1020. The zero-order chi connectivity index (χ0) is 18.8. The molecule has 0 aliphatic rings. The predicted molar refractivity (Wildman–Crippen MR) is 106 cm³/mol. The lowest BCUT2D eigenvalue weighted by molar-refractivity contribution is 0.101. The molecule has 26 heavy (non-hydrogen) atoms. The lowest BCUT2D eigenvalue weighted by atomic mass is 10.2. The molecular weight excluding hydrogens is 370 g/mol. The summed E-state index contributed by atoms with van der Waals surface area (Å²) in [5.74, 6) is 0.500. The number of hydrogen-bond donors (Lipinski definition) is 0.